The number of nitrogens with one attached hydrogen (secondary N) is 1. The van der Waals surface area contributed by atoms with E-state index in [0.717, 1.165) is 11.1 Å². The maximum Gasteiger partial charge on any atom is 0.274 e. The van der Waals surface area contributed by atoms with Crippen molar-refractivity contribution in [2.45, 2.75) is 13.8 Å². The quantitative estimate of drug-likeness (QED) is 0.529. The van der Waals surface area contributed by atoms with Gasteiger partial charge >= 0.3 is 0 Å². The fourth-order valence-corrected chi connectivity index (χ4v) is 1.98. The Kier molecular flexibility index (Phi) is 4.68. The Morgan fingerprint density at radius 1 is 1.14 bits per heavy atom. The molecule has 0 aliphatic carbocycles. The highest BCUT2D eigenvalue weighted by atomic mass is 16.6. The van der Waals surface area contributed by atoms with Crippen molar-refractivity contribution in [2.24, 2.45) is 0 Å². The Morgan fingerprint density at radius 2 is 1.82 bits per heavy atom. The average molecular weight is 296 g/mol. The first kappa shape index (κ1) is 15.4. The molecule has 2 rings (SSSR count). The lowest BCUT2D eigenvalue weighted by atomic mass is 10.1. The number of amides is 1. The minimum Gasteiger partial charge on any atom is -0.322 e. The SMILES string of the molecule is Cc1ccc(/C=C/C(=O)Nc2cccc([N+](=O)[O-])c2C)cc1. The fraction of sp³-hybridized carbons (Fsp3) is 0.118. The molecular formula is C17H16N2O3. The molecule has 0 aliphatic rings. The molecule has 1 N–H and O–H groups in total. The van der Waals surface area contributed by atoms with Crippen LogP contribution in [0.3, 0.4) is 0 Å². The van der Waals surface area contributed by atoms with Crippen LogP contribution in [0.2, 0.25) is 0 Å². The van der Waals surface area contributed by atoms with Gasteiger partial charge in [0.2, 0.25) is 5.91 Å². The van der Waals surface area contributed by atoms with Crippen LogP contribution < -0.4 is 5.32 Å². The van der Waals surface area contributed by atoms with E-state index in [1.54, 1.807) is 25.1 Å². The first-order chi connectivity index (χ1) is 10.5. The molecule has 0 saturated carbocycles. The van der Waals surface area contributed by atoms with Crippen LogP contribution in [0, 0.1) is 24.0 Å². The van der Waals surface area contributed by atoms with Gasteiger partial charge < -0.3 is 5.32 Å². The molecular weight excluding hydrogens is 280 g/mol. The molecule has 0 spiro atoms. The summed E-state index contributed by atoms with van der Waals surface area (Å²) in [4.78, 5) is 22.3. The van der Waals surface area contributed by atoms with Gasteiger partial charge in [0.05, 0.1) is 16.2 Å². The van der Waals surface area contributed by atoms with Gasteiger partial charge in [-0.1, -0.05) is 35.9 Å². The first-order valence-corrected chi connectivity index (χ1v) is 6.77. The lowest BCUT2D eigenvalue weighted by Crippen LogP contribution is -2.09. The van der Waals surface area contributed by atoms with Gasteiger partial charge in [0.15, 0.2) is 0 Å². The molecule has 5 heteroatoms. The molecule has 22 heavy (non-hydrogen) atoms. The van der Waals surface area contributed by atoms with Crippen LogP contribution in [0.4, 0.5) is 11.4 Å². The molecule has 0 fully saturated rings. The zero-order valence-corrected chi connectivity index (χ0v) is 12.4. The standard InChI is InChI=1S/C17H16N2O3/c1-12-6-8-14(9-7-12)10-11-17(20)18-15-4-3-5-16(13(15)2)19(21)22/h3-11H,1-2H3,(H,18,20)/b11-10+. The Balaban J connectivity index is 2.11. The second-order valence-corrected chi connectivity index (χ2v) is 4.94. The second kappa shape index (κ2) is 6.67. The summed E-state index contributed by atoms with van der Waals surface area (Å²) in [7, 11) is 0. The third-order valence-electron chi connectivity index (χ3n) is 3.26. The largest absolute Gasteiger partial charge is 0.322 e. The number of carbonyl (C=O) groups is 1. The maximum absolute atomic E-state index is 11.9. The van der Waals surface area contributed by atoms with Crippen LogP contribution in [0.25, 0.3) is 6.08 Å². The van der Waals surface area contributed by atoms with E-state index in [1.165, 1.54) is 12.1 Å². The van der Waals surface area contributed by atoms with Gasteiger partial charge in [0.1, 0.15) is 0 Å². The monoisotopic (exact) mass is 296 g/mol. The van der Waals surface area contributed by atoms with Crippen LogP contribution in [0.15, 0.2) is 48.5 Å². The van der Waals surface area contributed by atoms with Crippen molar-refractivity contribution in [3.8, 4) is 0 Å². The van der Waals surface area contributed by atoms with Crippen LogP contribution >= 0.6 is 0 Å². The van der Waals surface area contributed by atoms with Crippen molar-refractivity contribution in [3.63, 3.8) is 0 Å². The van der Waals surface area contributed by atoms with E-state index in [9.17, 15) is 14.9 Å². The molecule has 1 amide bonds. The van der Waals surface area contributed by atoms with Crippen LogP contribution in [-0.4, -0.2) is 10.8 Å². The van der Waals surface area contributed by atoms with Gasteiger partial charge in [-0.2, -0.15) is 0 Å². The number of hydrogen-bond donors (Lipinski definition) is 1. The summed E-state index contributed by atoms with van der Waals surface area (Å²) in [6.45, 7) is 3.60. The topological polar surface area (TPSA) is 72.2 Å². The highest BCUT2D eigenvalue weighted by Gasteiger charge is 2.13. The Labute approximate surface area is 128 Å². The maximum atomic E-state index is 11.9. The summed E-state index contributed by atoms with van der Waals surface area (Å²) in [5, 5.41) is 13.5. The Bertz CT molecular complexity index is 734. The van der Waals surface area contributed by atoms with E-state index in [4.69, 9.17) is 0 Å². The molecule has 0 radical (unpaired) electrons. The molecule has 0 aliphatic heterocycles. The van der Waals surface area contributed by atoms with Crippen LogP contribution in [0.1, 0.15) is 16.7 Å². The highest BCUT2D eigenvalue weighted by Crippen LogP contribution is 2.24. The summed E-state index contributed by atoms with van der Waals surface area (Å²) in [6.07, 6.45) is 3.10. The van der Waals surface area contributed by atoms with Gasteiger partial charge in [-0.15, -0.1) is 0 Å². The lowest BCUT2D eigenvalue weighted by Gasteiger charge is -2.06. The molecule has 0 bridgehead atoms. The minimum atomic E-state index is -0.465. The van der Waals surface area contributed by atoms with E-state index >= 15 is 0 Å². The second-order valence-electron chi connectivity index (χ2n) is 4.94. The van der Waals surface area contributed by atoms with Gasteiger partial charge in [-0.05, 0) is 31.6 Å². The average Bonchev–Trinajstić information content (AvgIpc) is 2.48. The summed E-state index contributed by atoms with van der Waals surface area (Å²) in [6, 6.07) is 12.3. The molecule has 0 atom stereocenters. The summed E-state index contributed by atoms with van der Waals surface area (Å²) >= 11 is 0. The summed E-state index contributed by atoms with van der Waals surface area (Å²) in [5.74, 6) is -0.329. The van der Waals surface area contributed by atoms with Crippen LogP contribution in [0.5, 0.6) is 0 Å². The van der Waals surface area contributed by atoms with Crippen molar-refractivity contribution < 1.29 is 9.72 Å². The third kappa shape index (κ3) is 3.79. The Hall–Kier alpha value is -2.95. The molecule has 0 saturated heterocycles. The zero-order chi connectivity index (χ0) is 16.1. The van der Waals surface area contributed by atoms with Crippen molar-refractivity contribution in [3.05, 3.63) is 75.3 Å². The van der Waals surface area contributed by atoms with E-state index in [2.05, 4.69) is 5.32 Å². The molecule has 0 unspecified atom stereocenters. The van der Waals surface area contributed by atoms with E-state index in [0.29, 0.717) is 11.3 Å². The number of hydrogen-bond acceptors (Lipinski definition) is 3. The number of nitrogens with zero attached hydrogens (tertiary/aromatic N) is 1. The zero-order valence-electron chi connectivity index (χ0n) is 12.4. The van der Waals surface area contributed by atoms with Crippen molar-refractivity contribution in [1.82, 2.24) is 0 Å². The van der Waals surface area contributed by atoms with Crippen molar-refractivity contribution >= 4 is 23.4 Å². The van der Waals surface area contributed by atoms with E-state index in [-0.39, 0.29) is 11.6 Å². The smallest absolute Gasteiger partial charge is 0.274 e. The first-order valence-electron chi connectivity index (χ1n) is 6.77. The number of carbonyl (C=O) groups excluding carboxylic acids is 1. The normalized spacial score (nSPS) is 10.6. The minimum absolute atomic E-state index is 0.0136. The van der Waals surface area contributed by atoms with Crippen LogP contribution in [-0.2, 0) is 4.79 Å². The lowest BCUT2D eigenvalue weighted by molar-refractivity contribution is -0.385. The third-order valence-corrected chi connectivity index (χ3v) is 3.26. The number of nitro benzene ring substituents is 1. The molecule has 2 aromatic rings. The molecule has 5 nitrogen and oxygen atoms in total. The summed E-state index contributed by atoms with van der Waals surface area (Å²) in [5.41, 5.74) is 2.92. The number of benzene rings is 2. The highest BCUT2D eigenvalue weighted by molar-refractivity contribution is 6.02. The molecule has 2 aromatic carbocycles. The van der Waals surface area contributed by atoms with Gasteiger partial charge in [-0.3, -0.25) is 14.9 Å². The summed E-state index contributed by atoms with van der Waals surface area (Å²) < 4.78 is 0. The molecule has 112 valence electrons. The molecule has 0 aromatic heterocycles. The number of rotatable bonds is 4. The van der Waals surface area contributed by atoms with E-state index in [1.807, 2.05) is 31.2 Å². The van der Waals surface area contributed by atoms with Gasteiger partial charge in [0, 0.05) is 12.1 Å². The Morgan fingerprint density at radius 3 is 2.45 bits per heavy atom. The van der Waals surface area contributed by atoms with E-state index < -0.39 is 4.92 Å². The number of aryl methyl sites for hydroxylation is 1. The number of nitro groups is 1. The van der Waals surface area contributed by atoms with Gasteiger partial charge in [0.25, 0.3) is 5.69 Å². The number of anilines is 1. The van der Waals surface area contributed by atoms with Crippen molar-refractivity contribution in [2.75, 3.05) is 5.32 Å². The van der Waals surface area contributed by atoms with Gasteiger partial charge in [-0.25, -0.2) is 0 Å². The fourth-order valence-electron chi connectivity index (χ4n) is 1.98. The molecule has 0 heterocycles. The predicted octanol–water partition coefficient (Wildman–Crippen LogP) is 3.86. The predicted molar refractivity (Wildman–Crippen MR) is 86.7 cm³/mol. The van der Waals surface area contributed by atoms with Crippen molar-refractivity contribution in [1.29, 1.82) is 0 Å².